The van der Waals surface area contributed by atoms with E-state index in [0.29, 0.717) is 10.6 Å². The summed E-state index contributed by atoms with van der Waals surface area (Å²) >= 11 is 5.92. The average molecular weight is 378 g/mol. The second-order valence-electron chi connectivity index (χ2n) is 5.10. The molecule has 0 aliphatic rings. The van der Waals surface area contributed by atoms with Gasteiger partial charge in [0, 0.05) is 19.2 Å². The summed E-state index contributed by atoms with van der Waals surface area (Å²) in [5.74, 6) is -0.796. The lowest BCUT2D eigenvalue weighted by molar-refractivity contribution is -0.385. The Morgan fingerprint density at radius 1 is 1.04 bits per heavy atom. The molecule has 136 valence electrons. The molecule has 2 aromatic rings. The highest BCUT2D eigenvalue weighted by Gasteiger charge is 2.15. The fraction of sp³-hybridized carbons (Fsp3) is 0.176. The van der Waals surface area contributed by atoms with Crippen LogP contribution in [0.5, 0.6) is 5.75 Å². The molecule has 0 radical (unpaired) electrons. The lowest BCUT2D eigenvalue weighted by atomic mass is 10.2. The Labute approximate surface area is 154 Å². The van der Waals surface area contributed by atoms with Crippen molar-refractivity contribution in [2.75, 3.05) is 19.7 Å². The summed E-state index contributed by atoms with van der Waals surface area (Å²) in [7, 11) is 0. The lowest BCUT2D eigenvalue weighted by Crippen LogP contribution is -2.36. The molecule has 0 aromatic heterocycles. The second-order valence-corrected chi connectivity index (χ2v) is 5.51. The summed E-state index contributed by atoms with van der Waals surface area (Å²) in [5.41, 5.74) is 0.132. The summed E-state index contributed by atoms with van der Waals surface area (Å²) < 4.78 is 5.16. The first-order valence-corrected chi connectivity index (χ1v) is 8.02. The molecule has 0 aliphatic heterocycles. The van der Waals surface area contributed by atoms with Crippen molar-refractivity contribution in [3.8, 4) is 5.75 Å². The van der Waals surface area contributed by atoms with Gasteiger partial charge in [-0.1, -0.05) is 35.9 Å². The minimum Gasteiger partial charge on any atom is -0.477 e. The molecule has 0 bridgehead atoms. The number of nitro groups is 1. The SMILES string of the molecule is O=C(COc1ccccc1[N+](=O)[O-])NCCNC(=O)c1ccccc1Cl. The average Bonchev–Trinajstić information content (AvgIpc) is 2.64. The molecule has 0 atom stereocenters. The van der Waals surface area contributed by atoms with Crippen LogP contribution in [0.25, 0.3) is 0 Å². The number of nitrogens with zero attached hydrogens (tertiary/aromatic N) is 1. The first kappa shape index (κ1) is 19.2. The van der Waals surface area contributed by atoms with Gasteiger partial charge in [-0.25, -0.2) is 0 Å². The third-order valence-corrected chi connectivity index (χ3v) is 3.60. The Morgan fingerprint density at radius 3 is 2.42 bits per heavy atom. The van der Waals surface area contributed by atoms with Crippen LogP contribution in [0.2, 0.25) is 5.02 Å². The van der Waals surface area contributed by atoms with Crippen molar-refractivity contribution in [2.45, 2.75) is 0 Å². The standard InChI is InChI=1S/C17H16ClN3O5/c18-13-6-2-1-5-12(13)17(23)20-10-9-19-16(22)11-26-15-8-4-3-7-14(15)21(24)25/h1-8H,9-11H2,(H,19,22)(H,20,23). The van der Waals surface area contributed by atoms with Gasteiger partial charge in [-0.05, 0) is 18.2 Å². The van der Waals surface area contributed by atoms with E-state index in [9.17, 15) is 19.7 Å². The Balaban J connectivity index is 1.72. The van der Waals surface area contributed by atoms with Gasteiger partial charge in [0.05, 0.1) is 15.5 Å². The maximum absolute atomic E-state index is 11.9. The molecule has 2 rings (SSSR count). The highest BCUT2D eigenvalue weighted by Crippen LogP contribution is 2.25. The molecule has 0 aliphatic carbocycles. The van der Waals surface area contributed by atoms with Gasteiger partial charge in [0.2, 0.25) is 0 Å². The molecule has 0 heterocycles. The summed E-state index contributed by atoms with van der Waals surface area (Å²) in [6, 6.07) is 12.4. The first-order chi connectivity index (χ1) is 12.5. The third-order valence-electron chi connectivity index (χ3n) is 3.27. The Hall–Kier alpha value is -3.13. The third kappa shape index (κ3) is 5.45. The number of carbonyl (C=O) groups is 2. The van der Waals surface area contributed by atoms with Crippen LogP contribution in [0, 0.1) is 10.1 Å². The zero-order valence-corrected chi connectivity index (χ0v) is 14.4. The van der Waals surface area contributed by atoms with Gasteiger partial charge in [0.25, 0.3) is 11.8 Å². The van der Waals surface area contributed by atoms with Crippen molar-refractivity contribution in [1.29, 1.82) is 0 Å². The highest BCUT2D eigenvalue weighted by atomic mass is 35.5. The zero-order chi connectivity index (χ0) is 18.9. The summed E-state index contributed by atoms with van der Waals surface area (Å²) in [6.45, 7) is -0.000136. The van der Waals surface area contributed by atoms with Crippen LogP contribution < -0.4 is 15.4 Å². The van der Waals surface area contributed by atoms with Crippen LogP contribution in [0.15, 0.2) is 48.5 Å². The van der Waals surface area contributed by atoms with Gasteiger partial charge < -0.3 is 15.4 Å². The molecule has 0 saturated carbocycles. The maximum Gasteiger partial charge on any atom is 0.310 e. The minimum absolute atomic E-state index is 0.0136. The Morgan fingerprint density at radius 2 is 1.69 bits per heavy atom. The largest absolute Gasteiger partial charge is 0.477 e. The Kier molecular flexibility index (Phi) is 6.92. The van der Waals surface area contributed by atoms with Crippen LogP contribution >= 0.6 is 11.6 Å². The number of hydrogen-bond donors (Lipinski definition) is 2. The van der Waals surface area contributed by atoms with Crippen LogP contribution in [-0.4, -0.2) is 36.4 Å². The molecule has 0 spiro atoms. The summed E-state index contributed by atoms with van der Waals surface area (Å²) in [6.07, 6.45) is 0. The lowest BCUT2D eigenvalue weighted by Gasteiger charge is -2.09. The number of ether oxygens (including phenoxy) is 1. The van der Waals surface area contributed by atoms with E-state index in [0.717, 1.165) is 0 Å². The molecule has 2 amide bonds. The van der Waals surface area contributed by atoms with E-state index < -0.39 is 10.8 Å². The van der Waals surface area contributed by atoms with E-state index in [1.807, 2.05) is 0 Å². The van der Waals surface area contributed by atoms with E-state index in [-0.39, 0.29) is 37.0 Å². The van der Waals surface area contributed by atoms with Crippen LogP contribution in [0.1, 0.15) is 10.4 Å². The van der Waals surface area contributed by atoms with E-state index >= 15 is 0 Å². The van der Waals surface area contributed by atoms with Crippen LogP contribution in [0.3, 0.4) is 0 Å². The molecule has 9 heteroatoms. The number of halogens is 1. The zero-order valence-electron chi connectivity index (χ0n) is 13.6. The summed E-state index contributed by atoms with van der Waals surface area (Å²) in [5, 5.41) is 16.4. The number of benzene rings is 2. The van der Waals surface area contributed by atoms with Crippen molar-refractivity contribution < 1.29 is 19.2 Å². The normalized spacial score (nSPS) is 10.0. The number of rotatable bonds is 8. The Bertz CT molecular complexity index is 812. The predicted molar refractivity (Wildman–Crippen MR) is 95.4 cm³/mol. The molecule has 0 saturated heterocycles. The number of amides is 2. The topological polar surface area (TPSA) is 111 Å². The van der Waals surface area contributed by atoms with Gasteiger partial charge in [0.15, 0.2) is 12.4 Å². The van der Waals surface area contributed by atoms with Crippen LogP contribution in [-0.2, 0) is 4.79 Å². The van der Waals surface area contributed by atoms with Crippen molar-refractivity contribution in [3.63, 3.8) is 0 Å². The molecule has 0 fully saturated rings. The molecule has 0 unspecified atom stereocenters. The number of carbonyl (C=O) groups excluding carboxylic acids is 2. The van der Waals surface area contributed by atoms with Crippen molar-refractivity contribution in [2.24, 2.45) is 0 Å². The second kappa shape index (κ2) is 9.38. The van der Waals surface area contributed by atoms with E-state index in [1.165, 1.54) is 18.2 Å². The first-order valence-electron chi connectivity index (χ1n) is 7.64. The molecule has 26 heavy (non-hydrogen) atoms. The van der Waals surface area contributed by atoms with E-state index in [1.54, 1.807) is 30.3 Å². The summed E-state index contributed by atoms with van der Waals surface area (Å²) in [4.78, 5) is 33.9. The number of nitrogens with one attached hydrogen (secondary N) is 2. The van der Waals surface area contributed by atoms with E-state index in [2.05, 4.69) is 10.6 Å². The number of para-hydroxylation sites is 2. The van der Waals surface area contributed by atoms with Gasteiger partial charge >= 0.3 is 5.69 Å². The highest BCUT2D eigenvalue weighted by molar-refractivity contribution is 6.33. The number of hydrogen-bond acceptors (Lipinski definition) is 5. The molecule has 2 N–H and O–H groups in total. The molecule has 2 aromatic carbocycles. The minimum atomic E-state index is -0.586. The van der Waals surface area contributed by atoms with Gasteiger partial charge in [-0.15, -0.1) is 0 Å². The van der Waals surface area contributed by atoms with Crippen molar-refractivity contribution >= 4 is 29.1 Å². The predicted octanol–water partition coefficient (Wildman–Crippen LogP) is 2.17. The smallest absolute Gasteiger partial charge is 0.310 e. The number of nitro benzene ring substituents is 1. The van der Waals surface area contributed by atoms with Gasteiger partial charge in [-0.2, -0.15) is 0 Å². The van der Waals surface area contributed by atoms with Crippen molar-refractivity contribution in [1.82, 2.24) is 10.6 Å². The van der Waals surface area contributed by atoms with E-state index in [4.69, 9.17) is 16.3 Å². The fourth-order valence-corrected chi connectivity index (χ4v) is 2.26. The quantitative estimate of drug-likeness (QED) is 0.416. The monoisotopic (exact) mass is 377 g/mol. The molecular formula is C17H16ClN3O5. The molecular weight excluding hydrogens is 362 g/mol. The maximum atomic E-state index is 11.9. The van der Waals surface area contributed by atoms with Gasteiger partial charge in [0.1, 0.15) is 0 Å². The van der Waals surface area contributed by atoms with Crippen molar-refractivity contribution in [3.05, 3.63) is 69.2 Å². The molecule has 8 nitrogen and oxygen atoms in total. The fourth-order valence-electron chi connectivity index (χ4n) is 2.04. The van der Waals surface area contributed by atoms with Gasteiger partial charge in [-0.3, -0.25) is 19.7 Å². The van der Waals surface area contributed by atoms with Crippen LogP contribution in [0.4, 0.5) is 5.69 Å².